The number of thiazole rings is 2. The van der Waals surface area contributed by atoms with Gasteiger partial charge in [-0.05, 0) is 25.1 Å². The first kappa shape index (κ1) is 14.6. The van der Waals surface area contributed by atoms with E-state index in [0.29, 0.717) is 11.4 Å². The van der Waals surface area contributed by atoms with Crippen molar-refractivity contribution in [2.45, 2.75) is 6.92 Å². The molecule has 5 rings (SSSR count). The van der Waals surface area contributed by atoms with E-state index in [1.807, 2.05) is 42.1 Å². The van der Waals surface area contributed by atoms with E-state index in [9.17, 15) is 4.79 Å². The summed E-state index contributed by atoms with van der Waals surface area (Å²) in [7, 11) is 0. The van der Waals surface area contributed by atoms with Gasteiger partial charge in [-0.2, -0.15) is 0 Å². The molecule has 124 valence electrons. The van der Waals surface area contributed by atoms with Gasteiger partial charge in [-0.3, -0.25) is 9.20 Å². The van der Waals surface area contributed by atoms with Crippen LogP contribution in [0.3, 0.4) is 0 Å². The summed E-state index contributed by atoms with van der Waals surface area (Å²) < 4.78 is 7.48. The van der Waals surface area contributed by atoms with Crippen molar-refractivity contribution in [3.8, 4) is 27.7 Å². The van der Waals surface area contributed by atoms with Crippen LogP contribution in [-0.4, -0.2) is 26.9 Å². The molecule has 0 unspecified atom stereocenters. The van der Waals surface area contributed by atoms with Crippen molar-refractivity contribution in [1.29, 1.82) is 0 Å². The third-order valence-electron chi connectivity index (χ3n) is 4.05. The van der Waals surface area contributed by atoms with Crippen LogP contribution in [0, 0.1) is 6.92 Å². The number of anilines is 1. The van der Waals surface area contributed by atoms with Gasteiger partial charge in [-0.25, -0.2) is 9.97 Å². The Morgan fingerprint density at radius 2 is 2.20 bits per heavy atom. The summed E-state index contributed by atoms with van der Waals surface area (Å²) in [6.45, 7) is 2.06. The first-order chi connectivity index (χ1) is 12.2. The Balaban J connectivity index is 1.57. The Kier molecular flexibility index (Phi) is 3.16. The number of imidazole rings is 1. The monoisotopic (exact) mass is 368 g/mol. The SMILES string of the molecule is Cc1nc2sccn2c1-c1nc(-c2ccc3c(c2)NC(=O)CO3)cs1. The molecule has 4 aromatic rings. The van der Waals surface area contributed by atoms with Gasteiger partial charge in [-0.1, -0.05) is 0 Å². The summed E-state index contributed by atoms with van der Waals surface area (Å²) in [5, 5.41) is 7.80. The highest BCUT2D eigenvalue weighted by molar-refractivity contribution is 7.15. The molecule has 8 heteroatoms. The third kappa shape index (κ3) is 2.33. The molecule has 25 heavy (non-hydrogen) atoms. The Morgan fingerprint density at radius 3 is 3.12 bits per heavy atom. The van der Waals surface area contributed by atoms with Crippen LogP contribution in [-0.2, 0) is 4.79 Å². The van der Waals surface area contributed by atoms with Gasteiger partial charge in [0.2, 0.25) is 0 Å². The molecule has 0 radical (unpaired) electrons. The molecule has 1 aromatic carbocycles. The van der Waals surface area contributed by atoms with Gasteiger partial charge < -0.3 is 10.1 Å². The topological polar surface area (TPSA) is 68.5 Å². The predicted octanol–water partition coefficient (Wildman–Crippen LogP) is 3.83. The molecule has 0 aliphatic carbocycles. The Labute approximate surface area is 150 Å². The molecule has 0 spiro atoms. The zero-order valence-corrected chi connectivity index (χ0v) is 14.8. The molecule has 6 nitrogen and oxygen atoms in total. The van der Waals surface area contributed by atoms with Gasteiger partial charge >= 0.3 is 0 Å². The van der Waals surface area contributed by atoms with E-state index in [-0.39, 0.29) is 12.5 Å². The van der Waals surface area contributed by atoms with Crippen LogP contribution < -0.4 is 10.1 Å². The lowest BCUT2D eigenvalue weighted by molar-refractivity contribution is -0.118. The van der Waals surface area contributed by atoms with Gasteiger partial charge in [0.05, 0.1) is 17.1 Å². The van der Waals surface area contributed by atoms with Crippen LogP contribution >= 0.6 is 22.7 Å². The first-order valence-corrected chi connectivity index (χ1v) is 9.40. The van der Waals surface area contributed by atoms with Crippen LogP contribution in [0.5, 0.6) is 5.75 Å². The molecule has 0 saturated carbocycles. The van der Waals surface area contributed by atoms with Crippen LogP contribution in [0.4, 0.5) is 5.69 Å². The highest BCUT2D eigenvalue weighted by atomic mass is 32.1. The van der Waals surface area contributed by atoms with Crippen molar-refractivity contribution in [3.63, 3.8) is 0 Å². The van der Waals surface area contributed by atoms with Crippen molar-refractivity contribution in [1.82, 2.24) is 14.4 Å². The van der Waals surface area contributed by atoms with Crippen LogP contribution in [0.15, 0.2) is 35.2 Å². The number of amides is 1. The summed E-state index contributed by atoms with van der Waals surface area (Å²) in [5.41, 5.74) is 4.49. The summed E-state index contributed by atoms with van der Waals surface area (Å²) in [6, 6.07) is 5.72. The Morgan fingerprint density at radius 1 is 1.28 bits per heavy atom. The molecule has 1 amide bonds. The first-order valence-electron chi connectivity index (χ1n) is 7.64. The number of nitrogens with zero attached hydrogens (tertiary/aromatic N) is 3. The third-order valence-corrected chi connectivity index (χ3v) is 5.66. The lowest BCUT2D eigenvalue weighted by Crippen LogP contribution is -2.25. The summed E-state index contributed by atoms with van der Waals surface area (Å²) in [5.74, 6) is 0.545. The van der Waals surface area contributed by atoms with Crippen molar-refractivity contribution >= 4 is 39.2 Å². The lowest BCUT2D eigenvalue weighted by atomic mass is 10.1. The average molecular weight is 368 g/mol. The zero-order valence-electron chi connectivity index (χ0n) is 13.1. The summed E-state index contributed by atoms with van der Waals surface area (Å²) in [6.07, 6.45) is 2.02. The largest absolute Gasteiger partial charge is 0.482 e. The normalized spacial score (nSPS) is 13.6. The number of hydrogen-bond donors (Lipinski definition) is 1. The number of ether oxygens (including phenoxy) is 1. The van der Waals surface area contributed by atoms with Crippen LogP contribution in [0.25, 0.3) is 26.9 Å². The van der Waals surface area contributed by atoms with E-state index in [0.717, 1.165) is 32.6 Å². The molecule has 4 heterocycles. The van der Waals surface area contributed by atoms with E-state index < -0.39 is 0 Å². The number of benzene rings is 1. The number of carbonyl (C=O) groups excluding carboxylic acids is 1. The number of carbonyl (C=O) groups is 1. The number of fused-ring (bicyclic) bond motifs is 2. The minimum Gasteiger partial charge on any atom is -0.482 e. The second-order valence-corrected chi connectivity index (χ2v) is 7.42. The van der Waals surface area contributed by atoms with E-state index >= 15 is 0 Å². The van der Waals surface area contributed by atoms with Gasteiger partial charge in [0.25, 0.3) is 5.91 Å². The van der Waals surface area contributed by atoms with E-state index in [2.05, 4.69) is 14.7 Å². The fourth-order valence-electron chi connectivity index (χ4n) is 2.91. The lowest BCUT2D eigenvalue weighted by Gasteiger charge is -2.18. The number of hydrogen-bond acceptors (Lipinski definition) is 6. The van der Waals surface area contributed by atoms with E-state index in [1.54, 1.807) is 22.7 Å². The van der Waals surface area contributed by atoms with Crippen LogP contribution in [0.2, 0.25) is 0 Å². The molecule has 3 aromatic heterocycles. The minimum absolute atomic E-state index is 0.0598. The maximum Gasteiger partial charge on any atom is 0.262 e. The van der Waals surface area contributed by atoms with Gasteiger partial charge in [0.1, 0.15) is 16.5 Å². The second-order valence-electron chi connectivity index (χ2n) is 5.69. The van der Waals surface area contributed by atoms with Gasteiger partial charge in [0.15, 0.2) is 11.6 Å². The highest BCUT2D eigenvalue weighted by Gasteiger charge is 2.19. The number of aryl methyl sites for hydroxylation is 1. The number of aromatic nitrogens is 3. The highest BCUT2D eigenvalue weighted by Crippen LogP contribution is 2.36. The fraction of sp³-hybridized carbons (Fsp3) is 0.118. The molecule has 0 saturated heterocycles. The fourth-order valence-corrected chi connectivity index (χ4v) is 4.59. The standard InChI is InChI=1S/C17H12N4O2S2/c1-9-15(21-4-5-24-17(21)18-9)16-20-12(8-25-16)10-2-3-13-11(6-10)19-14(22)7-23-13/h2-6,8H,7H2,1H3,(H,19,22). The Hall–Kier alpha value is -2.71. The molecule has 1 aliphatic heterocycles. The number of rotatable bonds is 2. The summed E-state index contributed by atoms with van der Waals surface area (Å²) in [4.78, 5) is 21.9. The second kappa shape index (κ2) is 5.40. The average Bonchev–Trinajstić information content (AvgIpc) is 3.30. The van der Waals surface area contributed by atoms with E-state index in [4.69, 9.17) is 9.72 Å². The van der Waals surface area contributed by atoms with Crippen LogP contribution in [0.1, 0.15) is 5.69 Å². The molecular formula is C17H12N4O2S2. The van der Waals surface area contributed by atoms with E-state index in [1.165, 1.54) is 0 Å². The molecule has 0 atom stereocenters. The zero-order chi connectivity index (χ0) is 17.0. The molecule has 1 N–H and O–H groups in total. The van der Waals surface area contributed by atoms with Gasteiger partial charge in [0, 0.05) is 22.5 Å². The molecule has 1 aliphatic rings. The summed E-state index contributed by atoms with van der Waals surface area (Å²) >= 11 is 3.20. The van der Waals surface area contributed by atoms with Crippen molar-refractivity contribution in [2.75, 3.05) is 11.9 Å². The maximum atomic E-state index is 11.5. The molecule has 0 bridgehead atoms. The molecule has 0 fully saturated rings. The quantitative estimate of drug-likeness (QED) is 0.584. The van der Waals surface area contributed by atoms with Crippen molar-refractivity contribution in [3.05, 3.63) is 40.8 Å². The van der Waals surface area contributed by atoms with Crippen molar-refractivity contribution < 1.29 is 9.53 Å². The van der Waals surface area contributed by atoms with Gasteiger partial charge in [-0.15, -0.1) is 22.7 Å². The maximum absolute atomic E-state index is 11.5. The smallest absolute Gasteiger partial charge is 0.262 e. The number of nitrogens with one attached hydrogen (secondary N) is 1. The Bertz CT molecular complexity index is 1130. The van der Waals surface area contributed by atoms with Crippen molar-refractivity contribution in [2.24, 2.45) is 0 Å². The molecular weight excluding hydrogens is 356 g/mol. The predicted molar refractivity (Wildman–Crippen MR) is 98.5 cm³/mol. The minimum atomic E-state index is -0.140.